The van der Waals surface area contributed by atoms with E-state index in [0.29, 0.717) is 17.7 Å². The molecule has 0 saturated carbocycles. The predicted octanol–water partition coefficient (Wildman–Crippen LogP) is 3.84. The van der Waals surface area contributed by atoms with E-state index in [9.17, 15) is 9.59 Å². The highest BCUT2D eigenvalue weighted by atomic mass is 16.5. The molecule has 2 N–H and O–H groups in total. The molecular formula is C24H21N3O3. The molecule has 1 atom stereocenters. The van der Waals surface area contributed by atoms with Crippen molar-refractivity contribution in [2.24, 2.45) is 10.8 Å². The third-order valence-electron chi connectivity index (χ3n) is 4.96. The number of nitrogens with zero attached hydrogens (tertiary/aromatic N) is 2. The summed E-state index contributed by atoms with van der Waals surface area (Å²) < 4.78 is 5.47. The predicted molar refractivity (Wildman–Crippen MR) is 115 cm³/mol. The lowest BCUT2D eigenvalue weighted by Crippen LogP contribution is -2.18. The fourth-order valence-corrected chi connectivity index (χ4v) is 3.38. The van der Waals surface area contributed by atoms with Gasteiger partial charge in [-0.25, -0.2) is 4.79 Å². The number of carbonyl (C=O) groups excluding carboxylic acids is 2. The Labute approximate surface area is 174 Å². The summed E-state index contributed by atoms with van der Waals surface area (Å²) in [6.45, 7) is 0.0955. The van der Waals surface area contributed by atoms with Crippen LogP contribution in [0.15, 0.2) is 90.0 Å². The number of anilines is 1. The van der Waals surface area contributed by atoms with Gasteiger partial charge in [0.15, 0.2) is 0 Å². The molecule has 0 radical (unpaired) electrons. The van der Waals surface area contributed by atoms with E-state index in [0.717, 1.165) is 16.8 Å². The molecule has 150 valence electrons. The molecule has 6 heteroatoms. The van der Waals surface area contributed by atoms with Crippen molar-refractivity contribution in [3.05, 3.63) is 102 Å². The zero-order valence-corrected chi connectivity index (χ0v) is 16.3. The first-order chi connectivity index (χ1) is 14.6. The van der Waals surface area contributed by atoms with Gasteiger partial charge in [0, 0.05) is 12.0 Å². The fourth-order valence-electron chi connectivity index (χ4n) is 3.38. The Morgan fingerprint density at radius 3 is 2.20 bits per heavy atom. The summed E-state index contributed by atoms with van der Waals surface area (Å²) in [5, 5.41) is 6.45. The van der Waals surface area contributed by atoms with Crippen LogP contribution in [0.25, 0.3) is 0 Å². The monoisotopic (exact) mass is 399 g/mol. The summed E-state index contributed by atoms with van der Waals surface area (Å²) in [4.78, 5) is 23.9. The molecule has 1 amide bonds. The number of para-hydroxylation sites is 1. The highest BCUT2D eigenvalue weighted by Crippen LogP contribution is 2.35. The minimum atomic E-state index is -0.494. The molecule has 1 heterocycles. The van der Waals surface area contributed by atoms with Gasteiger partial charge in [0.1, 0.15) is 12.3 Å². The molecule has 30 heavy (non-hydrogen) atoms. The first kappa shape index (κ1) is 19.4. The second-order valence-corrected chi connectivity index (χ2v) is 6.99. The zero-order chi connectivity index (χ0) is 20.9. The van der Waals surface area contributed by atoms with E-state index in [4.69, 9.17) is 10.5 Å². The number of hydrogen-bond donors (Lipinski definition) is 1. The van der Waals surface area contributed by atoms with Crippen molar-refractivity contribution in [1.82, 2.24) is 0 Å². The topological polar surface area (TPSA) is 85.0 Å². The summed E-state index contributed by atoms with van der Waals surface area (Å²) in [5.74, 6) is -0.944. The molecule has 0 aliphatic carbocycles. The standard InChI is InChI=1S/C24H21N3O3/c25-23(28)19-13-11-17(12-14-19)16-30-24(29)21-15-22(18-7-3-1-4-8-18)27(26-21)20-9-5-2-6-10-20/h1-14,22H,15-16H2,(H2,25,28). The van der Waals surface area contributed by atoms with E-state index in [1.165, 1.54) is 0 Å². The SMILES string of the molecule is NC(=O)c1ccc(COC(=O)C2=NN(c3ccccc3)C(c3ccccc3)C2)cc1. The minimum absolute atomic E-state index is 0.0778. The molecule has 4 rings (SSSR count). The first-order valence-corrected chi connectivity index (χ1v) is 9.64. The van der Waals surface area contributed by atoms with Gasteiger partial charge in [-0.2, -0.15) is 5.10 Å². The van der Waals surface area contributed by atoms with E-state index >= 15 is 0 Å². The number of ether oxygens (including phenoxy) is 1. The summed E-state index contributed by atoms with van der Waals surface area (Å²) in [6, 6.07) is 26.3. The number of amides is 1. The molecule has 0 saturated heterocycles. The maximum Gasteiger partial charge on any atom is 0.354 e. The number of primary amides is 1. The van der Waals surface area contributed by atoms with Gasteiger partial charge in [0.25, 0.3) is 0 Å². The lowest BCUT2D eigenvalue weighted by molar-refractivity contribution is -0.136. The molecule has 1 aliphatic rings. The van der Waals surface area contributed by atoms with Crippen LogP contribution in [0.1, 0.15) is 33.9 Å². The van der Waals surface area contributed by atoms with Gasteiger partial charge in [0.05, 0.1) is 11.7 Å². The number of hydrazone groups is 1. The number of nitrogens with two attached hydrogens (primary N) is 1. The van der Waals surface area contributed by atoms with Crippen molar-refractivity contribution < 1.29 is 14.3 Å². The Hall–Kier alpha value is -3.93. The Balaban J connectivity index is 1.50. The molecule has 3 aromatic rings. The maximum absolute atomic E-state index is 12.7. The molecular weight excluding hydrogens is 378 g/mol. The Bertz CT molecular complexity index is 1060. The van der Waals surface area contributed by atoms with Crippen LogP contribution in [-0.2, 0) is 16.1 Å². The normalized spacial score (nSPS) is 15.5. The first-order valence-electron chi connectivity index (χ1n) is 9.64. The second kappa shape index (κ2) is 8.61. The van der Waals surface area contributed by atoms with E-state index in [1.54, 1.807) is 24.3 Å². The number of rotatable bonds is 6. The van der Waals surface area contributed by atoms with Crippen LogP contribution in [0.2, 0.25) is 0 Å². The second-order valence-electron chi connectivity index (χ2n) is 6.99. The smallest absolute Gasteiger partial charge is 0.354 e. The van der Waals surface area contributed by atoms with Gasteiger partial charge >= 0.3 is 5.97 Å². The lowest BCUT2D eigenvalue weighted by Gasteiger charge is -2.23. The molecule has 0 spiro atoms. The van der Waals surface area contributed by atoms with Gasteiger partial charge in [0.2, 0.25) is 5.91 Å². The highest BCUT2D eigenvalue weighted by Gasteiger charge is 2.33. The molecule has 0 bridgehead atoms. The third-order valence-corrected chi connectivity index (χ3v) is 4.96. The third kappa shape index (κ3) is 4.22. The number of esters is 1. The summed E-state index contributed by atoms with van der Waals surface area (Å²) in [7, 11) is 0. The van der Waals surface area contributed by atoms with Crippen LogP contribution in [0, 0.1) is 0 Å². The van der Waals surface area contributed by atoms with E-state index < -0.39 is 11.9 Å². The average molecular weight is 399 g/mol. The molecule has 1 aliphatic heterocycles. The largest absolute Gasteiger partial charge is 0.456 e. The average Bonchev–Trinajstić information content (AvgIpc) is 3.24. The highest BCUT2D eigenvalue weighted by molar-refractivity contribution is 6.37. The van der Waals surface area contributed by atoms with Crippen LogP contribution < -0.4 is 10.7 Å². The van der Waals surface area contributed by atoms with Gasteiger partial charge in [-0.1, -0.05) is 60.7 Å². The van der Waals surface area contributed by atoms with Crippen molar-refractivity contribution in [2.45, 2.75) is 19.1 Å². The molecule has 1 unspecified atom stereocenters. The van der Waals surface area contributed by atoms with Crippen LogP contribution in [0.4, 0.5) is 5.69 Å². The van der Waals surface area contributed by atoms with Gasteiger partial charge in [-0.05, 0) is 35.4 Å². The van der Waals surface area contributed by atoms with Gasteiger partial charge < -0.3 is 10.5 Å². The fraction of sp³-hybridized carbons (Fsp3) is 0.125. The summed E-state index contributed by atoms with van der Waals surface area (Å²) in [5.41, 5.74) is 8.80. The quantitative estimate of drug-likeness (QED) is 0.638. The maximum atomic E-state index is 12.7. The van der Waals surface area contributed by atoms with E-state index in [1.807, 2.05) is 65.7 Å². The minimum Gasteiger partial charge on any atom is -0.456 e. The Morgan fingerprint density at radius 2 is 1.57 bits per heavy atom. The van der Waals surface area contributed by atoms with Crippen LogP contribution in [0.5, 0.6) is 0 Å². The van der Waals surface area contributed by atoms with Crippen molar-refractivity contribution in [3.63, 3.8) is 0 Å². The van der Waals surface area contributed by atoms with Crippen molar-refractivity contribution in [1.29, 1.82) is 0 Å². The van der Waals surface area contributed by atoms with Gasteiger partial charge in [-0.3, -0.25) is 9.80 Å². The molecule has 0 fully saturated rings. The van der Waals surface area contributed by atoms with Crippen molar-refractivity contribution in [3.8, 4) is 0 Å². The Morgan fingerprint density at radius 1 is 0.933 bits per heavy atom. The number of hydrogen-bond acceptors (Lipinski definition) is 5. The van der Waals surface area contributed by atoms with Gasteiger partial charge in [-0.15, -0.1) is 0 Å². The van der Waals surface area contributed by atoms with E-state index in [2.05, 4.69) is 5.10 Å². The number of benzene rings is 3. The van der Waals surface area contributed by atoms with Crippen LogP contribution in [0.3, 0.4) is 0 Å². The molecule has 0 aromatic heterocycles. The summed E-state index contributed by atoms with van der Waals surface area (Å²) >= 11 is 0. The van der Waals surface area contributed by atoms with Crippen LogP contribution in [-0.4, -0.2) is 17.6 Å². The van der Waals surface area contributed by atoms with Crippen LogP contribution >= 0.6 is 0 Å². The molecule has 6 nitrogen and oxygen atoms in total. The van der Waals surface area contributed by atoms with Crippen molar-refractivity contribution >= 4 is 23.3 Å². The lowest BCUT2D eigenvalue weighted by atomic mass is 10.0. The number of carbonyl (C=O) groups is 2. The zero-order valence-electron chi connectivity index (χ0n) is 16.3. The molecule has 3 aromatic carbocycles. The van der Waals surface area contributed by atoms with E-state index in [-0.39, 0.29) is 12.6 Å². The Kier molecular flexibility index (Phi) is 5.57. The van der Waals surface area contributed by atoms with Crippen molar-refractivity contribution in [2.75, 3.05) is 5.01 Å². The summed E-state index contributed by atoms with van der Waals surface area (Å²) in [6.07, 6.45) is 0.457.